The lowest BCUT2D eigenvalue weighted by atomic mass is 10.1. The second-order valence-corrected chi connectivity index (χ2v) is 4.51. The Bertz CT molecular complexity index is 438. The third kappa shape index (κ3) is 6.42. The summed E-state index contributed by atoms with van der Waals surface area (Å²) in [5.74, 6) is 1.31. The minimum absolute atomic E-state index is 0. The van der Waals surface area contributed by atoms with Crippen LogP contribution >= 0.6 is 24.0 Å². The van der Waals surface area contributed by atoms with Crippen molar-refractivity contribution in [2.75, 3.05) is 20.8 Å². The molecule has 6 heteroatoms. The first-order valence-electron chi connectivity index (χ1n) is 6.25. The maximum Gasteiger partial charge on any atom is 0.189 e. The molecule has 114 valence electrons. The predicted molar refractivity (Wildman–Crippen MR) is 92.9 cm³/mol. The zero-order valence-electron chi connectivity index (χ0n) is 12.5. The van der Waals surface area contributed by atoms with E-state index in [4.69, 9.17) is 15.2 Å². The van der Waals surface area contributed by atoms with Crippen LogP contribution in [-0.2, 0) is 11.3 Å². The number of hydrogen-bond donors (Lipinski definition) is 2. The number of guanidine groups is 1. The van der Waals surface area contributed by atoms with Crippen molar-refractivity contribution >= 4 is 29.9 Å². The number of rotatable bonds is 6. The topological polar surface area (TPSA) is 68.9 Å². The van der Waals surface area contributed by atoms with E-state index in [1.54, 1.807) is 14.2 Å². The molecule has 1 atom stereocenters. The highest BCUT2D eigenvalue weighted by atomic mass is 127. The molecule has 1 aromatic carbocycles. The number of benzene rings is 1. The SMILES string of the molecule is COCC(C)NC(N)=NCc1ccc(OC)c(C)c1.I. The standard InChI is InChI=1S/C14H23N3O2.HI/c1-10-7-12(5-6-13(10)19-4)8-16-14(15)17-11(2)9-18-3;/h5-7,11H,8-9H2,1-4H3,(H3,15,16,17);1H. The van der Waals surface area contributed by atoms with Crippen LogP contribution in [-0.4, -0.2) is 32.8 Å². The number of nitrogens with one attached hydrogen (secondary N) is 1. The maximum atomic E-state index is 5.81. The van der Waals surface area contributed by atoms with Gasteiger partial charge in [-0.3, -0.25) is 0 Å². The van der Waals surface area contributed by atoms with Crippen LogP contribution in [0.15, 0.2) is 23.2 Å². The Kier molecular flexibility index (Phi) is 9.32. The summed E-state index contributed by atoms with van der Waals surface area (Å²) in [7, 11) is 3.32. The first-order valence-corrected chi connectivity index (χ1v) is 6.25. The number of nitrogens with two attached hydrogens (primary N) is 1. The van der Waals surface area contributed by atoms with E-state index in [1.165, 1.54) is 0 Å². The van der Waals surface area contributed by atoms with E-state index in [0.717, 1.165) is 16.9 Å². The van der Waals surface area contributed by atoms with Crippen LogP contribution in [0.3, 0.4) is 0 Å². The second-order valence-electron chi connectivity index (χ2n) is 4.51. The van der Waals surface area contributed by atoms with Gasteiger partial charge in [-0.25, -0.2) is 4.99 Å². The zero-order chi connectivity index (χ0) is 14.3. The van der Waals surface area contributed by atoms with Gasteiger partial charge < -0.3 is 20.5 Å². The van der Waals surface area contributed by atoms with Crippen molar-refractivity contribution < 1.29 is 9.47 Å². The second kappa shape index (κ2) is 9.82. The molecular formula is C14H24IN3O2. The first kappa shape index (κ1) is 19.0. The van der Waals surface area contributed by atoms with Gasteiger partial charge in [0.15, 0.2) is 5.96 Å². The molecule has 0 aromatic heterocycles. The molecule has 3 N–H and O–H groups in total. The number of aliphatic imine (C=N–C) groups is 1. The van der Waals surface area contributed by atoms with Crippen LogP contribution < -0.4 is 15.8 Å². The third-order valence-electron chi connectivity index (χ3n) is 2.70. The van der Waals surface area contributed by atoms with E-state index in [9.17, 15) is 0 Å². The Morgan fingerprint density at radius 2 is 2.10 bits per heavy atom. The van der Waals surface area contributed by atoms with Gasteiger partial charge in [-0.15, -0.1) is 24.0 Å². The molecule has 0 spiro atoms. The molecule has 0 aliphatic rings. The molecule has 0 saturated carbocycles. The third-order valence-corrected chi connectivity index (χ3v) is 2.70. The summed E-state index contributed by atoms with van der Waals surface area (Å²) < 4.78 is 10.2. The highest BCUT2D eigenvalue weighted by molar-refractivity contribution is 14.0. The Hall–Kier alpha value is -1.02. The fraction of sp³-hybridized carbons (Fsp3) is 0.500. The van der Waals surface area contributed by atoms with Crippen molar-refractivity contribution in [1.82, 2.24) is 5.32 Å². The molecule has 0 heterocycles. The molecule has 0 fully saturated rings. The van der Waals surface area contributed by atoms with Crippen molar-refractivity contribution in [3.63, 3.8) is 0 Å². The Labute approximate surface area is 138 Å². The normalized spacial score (nSPS) is 12.5. The average molecular weight is 393 g/mol. The van der Waals surface area contributed by atoms with Gasteiger partial charge in [-0.2, -0.15) is 0 Å². The van der Waals surface area contributed by atoms with E-state index >= 15 is 0 Å². The van der Waals surface area contributed by atoms with E-state index in [0.29, 0.717) is 19.1 Å². The number of aryl methyl sites for hydroxylation is 1. The molecule has 1 aromatic rings. The molecular weight excluding hydrogens is 369 g/mol. The maximum absolute atomic E-state index is 5.81. The molecule has 0 amide bonds. The number of hydrogen-bond acceptors (Lipinski definition) is 3. The van der Waals surface area contributed by atoms with Gasteiger partial charge in [0, 0.05) is 13.2 Å². The lowest BCUT2D eigenvalue weighted by molar-refractivity contribution is 0.179. The molecule has 0 aliphatic heterocycles. The molecule has 1 unspecified atom stereocenters. The summed E-state index contributed by atoms with van der Waals surface area (Å²) in [4.78, 5) is 4.30. The molecule has 0 aliphatic carbocycles. The van der Waals surface area contributed by atoms with Crippen LogP contribution in [0.4, 0.5) is 0 Å². The van der Waals surface area contributed by atoms with Crippen LogP contribution in [0, 0.1) is 6.92 Å². The van der Waals surface area contributed by atoms with Gasteiger partial charge in [0.2, 0.25) is 0 Å². The van der Waals surface area contributed by atoms with Gasteiger partial charge >= 0.3 is 0 Å². The van der Waals surface area contributed by atoms with Crippen molar-refractivity contribution in [2.45, 2.75) is 26.4 Å². The number of ether oxygens (including phenoxy) is 2. The first-order chi connectivity index (χ1) is 9.06. The minimum atomic E-state index is 0. The Balaban J connectivity index is 0.00000361. The van der Waals surface area contributed by atoms with Gasteiger partial charge in [-0.05, 0) is 31.0 Å². The summed E-state index contributed by atoms with van der Waals surface area (Å²) in [6, 6.07) is 6.12. The Morgan fingerprint density at radius 3 is 2.65 bits per heavy atom. The lowest BCUT2D eigenvalue weighted by Crippen LogP contribution is -2.40. The van der Waals surface area contributed by atoms with Crippen LogP contribution in [0.2, 0.25) is 0 Å². The molecule has 0 bridgehead atoms. The number of nitrogens with zero attached hydrogens (tertiary/aromatic N) is 1. The fourth-order valence-corrected chi connectivity index (χ4v) is 1.81. The van der Waals surface area contributed by atoms with E-state index in [2.05, 4.69) is 10.3 Å². The highest BCUT2D eigenvalue weighted by Gasteiger charge is 2.02. The van der Waals surface area contributed by atoms with Gasteiger partial charge in [0.1, 0.15) is 5.75 Å². The summed E-state index contributed by atoms with van der Waals surface area (Å²) in [6.45, 7) is 5.14. The summed E-state index contributed by atoms with van der Waals surface area (Å²) in [5, 5.41) is 3.07. The van der Waals surface area contributed by atoms with Gasteiger partial charge in [-0.1, -0.05) is 12.1 Å². The summed E-state index contributed by atoms with van der Waals surface area (Å²) in [5.41, 5.74) is 8.00. The Morgan fingerprint density at radius 1 is 1.40 bits per heavy atom. The quantitative estimate of drug-likeness (QED) is 0.441. The molecule has 0 saturated heterocycles. The predicted octanol–water partition coefficient (Wildman–Crippen LogP) is 2.06. The van der Waals surface area contributed by atoms with E-state index in [1.807, 2.05) is 32.0 Å². The average Bonchev–Trinajstić information content (AvgIpc) is 2.36. The van der Waals surface area contributed by atoms with Crippen molar-refractivity contribution in [3.05, 3.63) is 29.3 Å². The molecule has 5 nitrogen and oxygen atoms in total. The van der Waals surface area contributed by atoms with Crippen LogP contribution in [0.1, 0.15) is 18.1 Å². The number of methoxy groups -OCH3 is 2. The molecule has 0 radical (unpaired) electrons. The van der Waals surface area contributed by atoms with Crippen LogP contribution in [0.5, 0.6) is 5.75 Å². The fourth-order valence-electron chi connectivity index (χ4n) is 1.81. The van der Waals surface area contributed by atoms with Gasteiger partial charge in [0.25, 0.3) is 0 Å². The smallest absolute Gasteiger partial charge is 0.189 e. The molecule has 20 heavy (non-hydrogen) atoms. The monoisotopic (exact) mass is 393 g/mol. The lowest BCUT2D eigenvalue weighted by Gasteiger charge is -2.13. The summed E-state index contributed by atoms with van der Waals surface area (Å²) in [6.07, 6.45) is 0. The molecule has 1 rings (SSSR count). The van der Waals surface area contributed by atoms with Crippen molar-refractivity contribution in [2.24, 2.45) is 10.7 Å². The highest BCUT2D eigenvalue weighted by Crippen LogP contribution is 2.18. The summed E-state index contributed by atoms with van der Waals surface area (Å²) >= 11 is 0. The van der Waals surface area contributed by atoms with Crippen molar-refractivity contribution in [1.29, 1.82) is 0 Å². The number of halogens is 1. The van der Waals surface area contributed by atoms with Crippen LogP contribution in [0.25, 0.3) is 0 Å². The minimum Gasteiger partial charge on any atom is -0.496 e. The van der Waals surface area contributed by atoms with Gasteiger partial charge in [0.05, 0.1) is 20.3 Å². The zero-order valence-corrected chi connectivity index (χ0v) is 14.8. The van der Waals surface area contributed by atoms with E-state index < -0.39 is 0 Å². The van der Waals surface area contributed by atoms with Crippen molar-refractivity contribution in [3.8, 4) is 5.75 Å². The van der Waals surface area contributed by atoms with E-state index in [-0.39, 0.29) is 30.0 Å². The largest absolute Gasteiger partial charge is 0.496 e.